The quantitative estimate of drug-likeness (QED) is 0.531. The van der Waals surface area contributed by atoms with Crippen LogP contribution in [0.2, 0.25) is 0 Å². The maximum absolute atomic E-state index is 14.0. The molecule has 186 valence electrons. The van der Waals surface area contributed by atoms with E-state index in [1.54, 1.807) is 0 Å². The fourth-order valence-corrected chi connectivity index (χ4v) is 6.03. The van der Waals surface area contributed by atoms with Crippen molar-refractivity contribution in [3.05, 3.63) is 35.9 Å². The highest BCUT2D eigenvalue weighted by molar-refractivity contribution is 5.99. The Labute approximate surface area is 201 Å². The van der Waals surface area contributed by atoms with Crippen molar-refractivity contribution < 1.29 is 24.2 Å². The third-order valence-corrected chi connectivity index (χ3v) is 7.25. The van der Waals surface area contributed by atoms with E-state index in [0.29, 0.717) is 25.8 Å². The van der Waals surface area contributed by atoms with Gasteiger partial charge >= 0.3 is 0 Å². The minimum Gasteiger partial charge on any atom is -0.394 e. The van der Waals surface area contributed by atoms with E-state index < -0.39 is 35.1 Å². The van der Waals surface area contributed by atoms with E-state index in [2.05, 4.69) is 10.6 Å². The van der Waals surface area contributed by atoms with Crippen LogP contribution < -0.4 is 10.6 Å². The molecule has 0 saturated carbocycles. The summed E-state index contributed by atoms with van der Waals surface area (Å²) in [6, 6.07) is 8.10. The molecule has 4 rings (SSSR count). The molecule has 0 aliphatic carbocycles. The van der Waals surface area contributed by atoms with Crippen molar-refractivity contribution in [3.63, 3.8) is 0 Å². The van der Waals surface area contributed by atoms with Gasteiger partial charge in [-0.25, -0.2) is 0 Å². The second-order valence-electron chi connectivity index (χ2n) is 10.9. The summed E-state index contributed by atoms with van der Waals surface area (Å²) in [5.41, 5.74) is -0.611. The predicted molar refractivity (Wildman–Crippen MR) is 127 cm³/mol. The van der Waals surface area contributed by atoms with Crippen LogP contribution in [0.1, 0.15) is 52.5 Å². The van der Waals surface area contributed by atoms with Gasteiger partial charge < -0.3 is 25.4 Å². The number of nitrogens with one attached hydrogen (secondary N) is 2. The molecule has 1 aromatic carbocycles. The standard InChI is InChI=1S/C26H37N3O5/c1-5-13-27-22(31)19-18-11-12-26(34-18)20(19)24(33)29(21(26)23(32)28-25(2,3)4)17(15-30)14-16-9-7-6-8-10-16/h6-10,17-21,30H,5,11-15H2,1-4H3,(H,27,31)(H,28,32)/t17-,18+,19-,20+,21?,26?/m1/s1. The molecule has 1 aromatic rings. The van der Waals surface area contributed by atoms with Crippen molar-refractivity contribution in [1.29, 1.82) is 0 Å². The third kappa shape index (κ3) is 4.22. The molecule has 3 heterocycles. The lowest BCUT2D eigenvalue weighted by atomic mass is 9.70. The molecular weight excluding hydrogens is 434 g/mol. The average molecular weight is 472 g/mol. The maximum atomic E-state index is 14.0. The van der Waals surface area contributed by atoms with Gasteiger partial charge in [0.15, 0.2) is 0 Å². The Hall–Kier alpha value is -2.45. The Morgan fingerprint density at radius 2 is 1.94 bits per heavy atom. The van der Waals surface area contributed by atoms with E-state index in [1.165, 1.54) is 4.90 Å². The summed E-state index contributed by atoms with van der Waals surface area (Å²) in [4.78, 5) is 42.3. The molecule has 1 spiro atoms. The minimum absolute atomic E-state index is 0.188. The monoisotopic (exact) mass is 471 g/mol. The van der Waals surface area contributed by atoms with Crippen LogP contribution in [0, 0.1) is 11.8 Å². The zero-order valence-electron chi connectivity index (χ0n) is 20.5. The smallest absolute Gasteiger partial charge is 0.246 e. The Kier molecular flexibility index (Phi) is 6.75. The fourth-order valence-electron chi connectivity index (χ4n) is 6.03. The Balaban J connectivity index is 1.73. The molecule has 3 fully saturated rings. The summed E-state index contributed by atoms with van der Waals surface area (Å²) in [6.45, 7) is 7.89. The zero-order chi connectivity index (χ0) is 24.7. The third-order valence-electron chi connectivity index (χ3n) is 7.25. The molecule has 0 radical (unpaired) electrons. The molecule has 3 aliphatic rings. The van der Waals surface area contributed by atoms with Crippen LogP contribution in [0.25, 0.3) is 0 Å². The number of ether oxygens (including phenoxy) is 1. The van der Waals surface area contributed by atoms with Gasteiger partial charge in [0.05, 0.1) is 30.6 Å². The van der Waals surface area contributed by atoms with E-state index in [4.69, 9.17) is 4.74 Å². The van der Waals surface area contributed by atoms with E-state index in [0.717, 1.165) is 12.0 Å². The maximum Gasteiger partial charge on any atom is 0.246 e. The van der Waals surface area contributed by atoms with Gasteiger partial charge in [0.2, 0.25) is 17.7 Å². The summed E-state index contributed by atoms with van der Waals surface area (Å²) in [5, 5.41) is 16.3. The second-order valence-corrected chi connectivity index (χ2v) is 10.9. The molecule has 3 saturated heterocycles. The van der Waals surface area contributed by atoms with Crippen LogP contribution in [0.15, 0.2) is 30.3 Å². The van der Waals surface area contributed by atoms with Crippen molar-refractivity contribution in [2.75, 3.05) is 13.2 Å². The van der Waals surface area contributed by atoms with Crippen LogP contribution in [-0.2, 0) is 25.5 Å². The number of rotatable bonds is 8. The highest BCUT2D eigenvalue weighted by Crippen LogP contribution is 2.58. The Bertz CT molecular complexity index is 930. The zero-order valence-corrected chi connectivity index (χ0v) is 20.5. The summed E-state index contributed by atoms with van der Waals surface area (Å²) in [5.74, 6) is -2.12. The van der Waals surface area contributed by atoms with Gasteiger partial charge in [-0.2, -0.15) is 0 Å². The van der Waals surface area contributed by atoms with Crippen LogP contribution in [-0.4, -0.2) is 70.2 Å². The molecule has 3 N–H and O–H groups in total. The molecule has 8 nitrogen and oxygen atoms in total. The number of carbonyl (C=O) groups is 3. The summed E-state index contributed by atoms with van der Waals surface area (Å²) >= 11 is 0. The van der Waals surface area contributed by atoms with Gasteiger partial charge in [0, 0.05) is 12.1 Å². The lowest BCUT2D eigenvalue weighted by Crippen LogP contribution is -2.60. The van der Waals surface area contributed by atoms with E-state index in [1.807, 2.05) is 58.0 Å². The van der Waals surface area contributed by atoms with Gasteiger partial charge in [-0.1, -0.05) is 37.3 Å². The fraction of sp³-hybridized carbons (Fsp3) is 0.654. The van der Waals surface area contributed by atoms with E-state index in [9.17, 15) is 19.5 Å². The van der Waals surface area contributed by atoms with Crippen LogP contribution >= 0.6 is 0 Å². The first-order valence-corrected chi connectivity index (χ1v) is 12.4. The molecule has 3 aliphatic heterocycles. The SMILES string of the molecule is CCCNC(=O)[C@@H]1[C@@H]2CCC3(O2)C(C(=O)NC(C)(C)C)N([C@@H](CO)Cc2ccccc2)C(=O)[C@H]13. The van der Waals surface area contributed by atoms with Gasteiger partial charge in [-0.3, -0.25) is 14.4 Å². The number of aliphatic hydroxyl groups is 1. The molecule has 2 bridgehead atoms. The topological polar surface area (TPSA) is 108 Å². The van der Waals surface area contributed by atoms with Crippen molar-refractivity contribution >= 4 is 17.7 Å². The summed E-state index contributed by atoms with van der Waals surface area (Å²) in [7, 11) is 0. The van der Waals surface area contributed by atoms with Gasteiger partial charge in [0.25, 0.3) is 0 Å². The summed E-state index contributed by atoms with van der Waals surface area (Å²) < 4.78 is 6.43. The van der Waals surface area contributed by atoms with Gasteiger partial charge in [-0.05, 0) is 52.0 Å². The van der Waals surface area contributed by atoms with Crippen molar-refractivity contribution in [3.8, 4) is 0 Å². The number of benzene rings is 1. The number of likely N-dealkylation sites (tertiary alicyclic amines) is 1. The van der Waals surface area contributed by atoms with E-state index >= 15 is 0 Å². The Morgan fingerprint density at radius 3 is 2.56 bits per heavy atom. The molecule has 3 amide bonds. The number of fused-ring (bicyclic) bond motifs is 1. The van der Waals surface area contributed by atoms with Crippen molar-refractivity contribution in [2.45, 2.75) is 82.7 Å². The second kappa shape index (κ2) is 9.30. The molecule has 6 atom stereocenters. The average Bonchev–Trinajstić information content (AvgIpc) is 3.42. The first-order valence-electron chi connectivity index (χ1n) is 12.4. The lowest BCUT2D eigenvalue weighted by molar-refractivity contribution is -0.146. The Morgan fingerprint density at radius 1 is 1.24 bits per heavy atom. The highest BCUT2D eigenvalue weighted by atomic mass is 16.5. The number of hydrogen-bond donors (Lipinski definition) is 3. The van der Waals surface area contributed by atoms with Gasteiger partial charge in [0.1, 0.15) is 11.6 Å². The molecule has 0 aromatic heterocycles. The predicted octanol–water partition coefficient (Wildman–Crippen LogP) is 1.41. The normalized spacial score (nSPS) is 30.9. The first-order chi connectivity index (χ1) is 16.1. The first kappa shape index (κ1) is 24.7. The molecule has 8 heteroatoms. The van der Waals surface area contributed by atoms with Crippen molar-refractivity contribution in [1.82, 2.24) is 15.5 Å². The van der Waals surface area contributed by atoms with Crippen LogP contribution in [0.5, 0.6) is 0 Å². The van der Waals surface area contributed by atoms with E-state index in [-0.39, 0.29) is 30.4 Å². The number of aliphatic hydroxyl groups excluding tert-OH is 1. The number of carbonyl (C=O) groups excluding carboxylic acids is 3. The molecule has 34 heavy (non-hydrogen) atoms. The minimum atomic E-state index is -1.06. The summed E-state index contributed by atoms with van der Waals surface area (Å²) in [6.07, 6.45) is 1.98. The highest BCUT2D eigenvalue weighted by Gasteiger charge is 2.75. The molecular formula is C26H37N3O5. The largest absolute Gasteiger partial charge is 0.394 e. The number of amides is 3. The lowest BCUT2D eigenvalue weighted by Gasteiger charge is -2.38. The van der Waals surface area contributed by atoms with Crippen LogP contribution in [0.3, 0.4) is 0 Å². The van der Waals surface area contributed by atoms with Gasteiger partial charge in [-0.15, -0.1) is 0 Å². The number of hydrogen-bond acceptors (Lipinski definition) is 5. The van der Waals surface area contributed by atoms with Crippen molar-refractivity contribution in [2.24, 2.45) is 11.8 Å². The number of nitrogens with zero attached hydrogens (tertiary/aromatic N) is 1. The molecule has 2 unspecified atom stereocenters. The van der Waals surface area contributed by atoms with Crippen LogP contribution in [0.4, 0.5) is 0 Å².